The van der Waals surface area contributed by atoms with Crippen LogP contribution in [0.25, 0.3) is 10.9 Å². The summed E-state index contributed by atoms with van der Waals surface area (Å²) in [7, 11) is 0. The number of hydrogen-bond acceptors (Lipinski definition) is 4. The highest BCUT2D eigenvalue weighted by atomic mass is 35.5. The van der Waals surface area contributed by atoms with E-state index in [9.17, 15) is 10.1 Å². The lowest BCUT2D eigenvalue weighted by molar-refractivity contribution is 0.0917. The molecule has 2 aromatic carbocycles. The van der Waals surface area contributed by atoms with Crippen molar-refractivity contribution in [1.29, 1.82) is 5.26 Å². The summed E-state index contributed by atoms with van der Waals surface area (Å²) in [6.07, 6.45) is 3.74. The smallest absolute Gasteiger partial charge is 0.321 e. The van der Waals surface area contributed by atoms with Crippen LogP contribution in [0.15, 0.2) is 65.8 Å². The van der Waals surface area contributed by atoms with Gasteiger partial charge in [-0.25, -0.2) is 9.79 Å². The number of fused-ring (bicyclic) bond motifs is 1. The number of carbonyl (C=O) groups excluding carboxylic acids is 1. The zero-order valence-corrected chi connectivity index (χ0v) is 19.2. The number of aromatic nitrogens is 1. The molecule has 0 atom stereocenters. The number of amides is 2. The number of pyridine rings is 1. The number of carbonyl (C=O) groups is 1. The summed E-state index contributed by atoms with van der Waals surface area (Å²) < 4.78 is 0. The third-order valence-electron chi connectivity index (χ3n) is 5.56. The van der Waals surface area contributed by atoms with E-state index >= 15 is 0 Å². The molecule has 3 aromatic rings. The van der Waals surface area contributed by atoms with E-state index in [1.165, 1.54) is 0 Å². The fourth-order valence-electron chi connectivity index (χ4n) is 3.96. The molecule has 0 radical (unpaired) electrons. The molecule has 0 spiro atoms. The van der Waals surface area contributed by atoms with Crippen molar-refractivity contribution in [1.82, 2.24) is 20.1 Å². The Morgan fingerprint density at radius 2 is 1.94 bits per heavy atom. The Morgan fingerprint density at radius 1 is 1.15 bits per heavy atom. The largest absolute Gasteiger partial charge is 0.333 e. The lowest BCUT2D eigenvalue weighted by Gasteiger charge is -2.47. The van der Waals surface area contributed by atoms with E-state index in [-0.39, 0.29) is 6.03 Å². The molecule has 9 heteroatoms. The Morgan fingerprint density at radius 3 is 2.67 bits per heavy atom. The van der Waals surface area contributed by atoms with Crippen molar-refractivity contribution in [3.05, 3.63) is 65.8 Å². The van der Waals surface area contributed by atoms with Gasteiger partial charge < -0.3 is 15.1 Å². The average Bonchev–Trinajstić information content (AvgIpc) is 2.80. The number of nitriles is 1. The van der Waals surface area contributed by atoms with Crippen LogP contribution >= 0.6 is 11.6 Å². The predicted octanol–water partition coefficient (Wildman–Crippen LogP) is 4.57. The molecular formula is C24H24ClN7O. The average molecular weight is 462 g/mol. The second kappa shape index (κ2) is 9.35. The number of guanidine groups is 1. The zero-order chi connectivity index (χ0) is 23.4. The standard InChI is InChI=1S/C24H24ClN7O/c1-24(2)15-31(23(33)29-18-10-8-17(25)9-11-18)13-14-32(24)22(28-16-26)30-21-7-3-6-20-19(21)5-4-12-27-20/h3-12H,13-15H2,1-2H3,(H,28,30)(H,29,33). The summed E-state index contributed by atoms with van der Waals surface area (Å²) >= 11 is 5.92. The predicted molar refractivity (Wildman–Crippen MR) is 130 cm³/mol. The Labute approximate surface area is 197 Å². The van der Waals surface area contributed by atoms with Crippen molar-refractivity contribution in [2.24, 2.45) is 4.99 Å². The van der Waals surface area contributed by atoms with Crippen molar-refractivity contribution in [3.8, 4) is 6.19 Å². The molecule has 33 heavy (non-hydrogen) atoms. The minimum atomic E-state index is -0.471. The number of halogens is 1. The molecule has 2 amide bonds. The number of piperazine rings is 1. The first-order valence-corrected chi connectivity index (χ1v) is 10.9. The van der Waals surface area contributed by atoms with Crippen LogP contribution in [-0.4, -0.2) is 51.9 Å². The molecule has 0 aliphatic carbocycles. The molecule has 4 rings (SSSR count). The van der Waals surface area contributed by atoms with Gasteiger partial charge in [-0.15, -0.1) is 0 Å². The highest BCUT2D eigenvalue weighted by molar-refractivity contribution is 6.30. The van der Waals surface area contributed by atoms with Gasteiger partial charge in [-0.3, -0.25) is 10.3 Å². The van der Waals surface area contributed by atoms with Crippen molar-refractivity contribution >= 4 is 45.9 Å². The first-order chi connectivity index (χ1) is 15.9. The zero-order valence-electron chi connectivity index (χ0n) is 18.4. The number of hydrogen-bond donors (Lipinski definition) is 2. The maximum absolute atomic E-state index is 12.8. The molecule has 0 unspecified atom stereocenters. The van der Waals surface area contributed by atoms with Gasteiger partial charge in [0.1, 0.15) is 0 Å². The SMILES string of the molecule is CC1(C)CN(C(=O)Nc2ccc(Cl)cc2)CCN1C(=Nc1cccc2ncccc12)NC#N. The van der Waals surface area contributed by atoms with Crippen LogP contribution in [0.2, 0.25) is 5.02 Å². The molecule has 0 saturated carbocycles. The fourth-order valence-corrected chi connectivity index (χ4v) is 4.09. The maximum atomic E-state index is 12.8. The molecule has 2 heterocycles. The minimum Gasteiger partial charge on any atom is -0.333 e. The van der Waals surface area contributed by atoms with Gasteiger partial charge >= 0.3 is 6.03 Å². The van der Waals surface area contributed by atoms with Crippen molar-refractivity contribution in [2.45, 2.75) is 19.4 Å². The molecule has 1 aromatic heterocycles. The van der Waals surface area contributed by atoms with Gasteiger partial charge in [-0.1, -0.05) is 17.7 Å². The van der Waals surface area contributed by atoms with Crippen molar-refractivity contribution in [2.75, 3.05) is 25.0 Å². The van der Waals surface area contributed by atoms with E-state index < -0.39 is 5.54 Å². The van der Waals surface area contributed by atoms with Crippen molar-refractivity contribution in [3.63, 3.8) is 0 Å². The molecule has 1 fully saturated rings. The monoisotopic (exact) mass is 461 g/mol. The number of nitrogens with zero attached hydrogens (tertiary/aromatic N) is 5. The Balaban J connectivity index is 1.55. The topological polar surface area (TPSA) is 96.7 Å². The minimum absolute atomic E-state index is 0.183. The maximum Gasteiger partial charge on any atom is 0.321 e. The Kier molecular flexibility index (Phi) is 6.33. The van der Waals surface area contributed by atoms with E-state index in [0.29, 0.717) is 36.3 Å². The summed E-state index contributed by atoms with van der Waals surface area (Å²) in [5.74, 6) is 0.441. The third kappa shape index (κ3) is 4.99. The number of benzene rings is 2. The third-order valence-corrected chi connectivity index (χ3v) is 5.81. The number of anilines is 1. The van der Waals surface area contributed by atoms with Crippen LogP contribution in [-0.2, 0) is 0 Å². The first-order valence-electron chi connectivity index (χ1n) is 10.5. The summed E-state index contributed by atoms with van der Waals surface area (Å²) in [6, 6.07) is 16.3. The van der Waals surface area contributed by atoms with Crippen LogP contribution in [0.5, 0.6) is 0 Å². The van der Waals surface area contributed by atoms with Crippen LogP contribution in [0.3, 0.4) is 0 Å². The van der Waals surface area contributed by atoms with Gasteiger partial charge in [0.05, 0.1) is 16.7 Å². The molecule has 168 valence electrons. The van der Waals surface area contributed by atoms with Crippen LogP contribution in [0.4, 0.5) is 16.2 Å². The van der Waals surface area contributed by atoms with Gasteiger partial charge in [0.25, 0.3) is 0 Å². The van der Waals surface area contributed by atoms with Gasteiger partial charge in [0, 0.05) is 41.9 Å². The Hall–Kier alpha value is -3.83. The highest BCUT2D eigenvalue weighted by Gasteiger charge is 2.37. The van der Waals surface area contributed by atoms with E-state index in [2.05, 4.69) is 15.6 Å². The van der Waals surface area contributed by atoms with Crippen LogP contribution in [0.1, 0.15) is 13.8 Å². The summed E-state index contributed by atoms with van der Waals surface area (Å²) in [5, 5.41) is 16.5. The summed E-state index contributed by atoms with van der Waals surface area (Å²) in [4.78, 5) is 25.8. The number of nitrogens with one attached hydrogen (secondary N) is 2. The second-order valence-electron chi connectivity index (χ2n) is 8.34. The normalized spacial score (nSPS) is 15.8. The number of aliphatic imine (C=N–C) groups is 1. The summed E-state index contributed by atoms with van der Waals surface area (Å²) in [5.41, 5.74) is 1.76. The van der Waals surface area contributed by atoms with E-state index in [0.717, 1.165) is 16.6 Å². The number of rotatable bonds is 2. The first kappa shape index (κ1) is 22.4. The molecule has 1 aliphatic rings. The van der Waals surface area contributed by atoms with E-state index in [1.54, 1.807) is 35.4 Å². The fraction of sp³-hybridized carbons (Fsp3) is 0.250. The lowest BCUT2D eigenvalue weighted by Crippen LogP contribution is -2.64. The molecule has 0 bridgehead atoms. The molecular weight excluding hydrogens is 438 g/mol. The summed E-state index contributed by atoms with van der Waals surface area (Å²) in [6.45, 7) is 5.49. The Bertz CT molecular complexity index is 1230. The van der Waals surface area contributed by atoms with Crippen LogP contribution < -0.4 is 10.6 Å². The number of urea groups is 1. The quantitative estimate of drug-likeness (QED) is 0.252. The van der Waals surface area contributed by atoms with Gasteiger partial charge in [-0.05, 0) is 62.4 Å². The van der Waals surface area contributed by atoms with E-state index in [1.807, 2.05) is 55.3 Å². The van der Waals surface area contributed by atoms with Gasteiger partial charge in [0.15, 0.2) is 6.19 Å². The van der Waals surface area contributed by atoms with Crippen molar-refractivity contribution < 1.29 is 4.79 Å². The van der Waals surface area contributed by atoms with E-state index in [4.69, 9.17) is 16.6 Å². The molecule has 1 saturated heterocycles. The lowest BCUT2D eigenvalue weighted by atomic mass is 9.99. The van der Waals surface area contributed by atoms with Gasteiger partial charge in [0.2, 0.25) is 5.96 Å². The van der Waals surface area contributed by atoms with Crippen LogP contribution in [0, 0.1) is 11.5 Å². The molecule has 2 N–H and O–H groups in total. The molecule has 1 aliphatic heterocycles. The second-order valence-corrected chi connectivity index (χ2v) is 8.78. The molecule has 8 nitrogen and oxygen atoms in total. The highest BCUT2D eigenvalue weighted by Crippen LogP contribution is 2.27. The van der Waals surface area contributed by atoms with Gasteiger partial charge in [-0.2, -0.15) is 5.26 Å².